The Morgan fingerprint density at radius 3 is 1.34 bits per heavy atom. The number of carbonyl (C=O) groups is 2. The van der Waals surface area contributed by atoms with Gasteiger partial charge in [-0.3, -0.25) is 9.59 Å². The van der Waals surface area contributed by atoms with Gasteiger partial charge in [-0.25, -0.2) is 0 Å². The van der Waals surface area contributed by atoms with Crippen molar-refractivity contribution in [2.45, 2.75) is 232 Å². The first-order valence-corrected chi connectivity index (χ1v) is 24.5. The number of allylic oxidation sites excluding steroid dienone is 12. The lowest BCUT2D eigenvalue weighted by Gasteiger charge is -2.18. The van der Waals surface area contributed by atoms with Crippen molar-refractivity contribution in [1.82, 2.24) is 0 Å². The van der Waals surface area contributed by atoms with E-state index in [1.807, 2.05) is 0 Å². The van der Waals surface area contributed by atoms with Crippen molar-refractivity contribution in [2.24, 2.45) is 0 Å². The summed E-state index contributed by atoms with van der Waals surface area (Å²) in [4.78, 5) is 25.3. The average Bonchev–Trinajstić information content (AvgIpc) is 3.22. The van der Waals surface area contributed by atoms with Gasteiger partial charge in [0.2, 0.25) is 0 Å². The van der Waals surface area contributed by atoms with Crippen molar-refractivity contribution in [3.8, 4) is 0 Å². The second-order valence-corrected chi connectivity index (χ2v) is 16.0. The summed E-state index contributed by atoms with van der Waals surface area (Å²) in [5, 5.41) is 0. The van der Waals surface area contributed by atoms with Crippen molar-refractivity contribution in [1.29, 1.82) is 0 Å². The zero-order chi connectivity index (χ0) is 42.1. The van der Waals surface area contributed by atoms with Crippen molar-refractivity contribution in [2.75, 3.05) is 19.8 Å². The normalized spacial score (nSPS) is 12.8. The molecule has 0 radical (unpaired) electrons. The van der Waals surface area contributed by atoms with Gasteiger partial charge in [-0.05, 0) is 83.5 Å². The van der Waals surface area contributed by atoms with Gasteiger partial charge in [0.25, 0.3) is 0 Å². The Kier molecular flexibility index (Phi) is 46.5. The highest BCUT2D eigenvalue weighted by Crippen LogP contribution is 2.14. The van der Waals surface area contributed by atoms with Crippen LogP contribution in [0.5, 0.6) is 0 Å². The molecular formula is C53H92O5. The van der Waals surface area contributed by atoms with E-state index in [0.29, 0.717) is 19.4 Å². The highest BCUT2D eigenvalue weighted by atomic mass is 16.6. The Morgan fingerprint density at radius 1 is 0.397 bits per heavy atom. The van der Waals surface area contributed by atoms with Gasteiger partial charge in [0.05, 0.1) is 6.61 Å². The molecule has 0 fully saturated rings. The van der Waals surface area contributed by atoms with Crippen LogP contribution in [0.4, 0.5) is 0 Å². The molecule has 0 aromatic rings. The molecule has 0 N–H and O–H groups in total. The lowest BCUT2D eigenvalue weighted by atomic mass is 10.0. The fourth-order valence-corrected chi connectivity index (χ4v) is 6.60. The summed E-state index contributed by atoms with van der Waals surface area (Å²) in [6.07, 6.45) is 61.9. The van der Waals surface area contributed by atoms with E-state index in [4.69, 9.17) is 14.2 Å². The molecule has 0 spiro atoms. The average molecular weight is 809 g/mol. The molecule has 0 aliphatic rings. The topological polar surface area (TPSA) is 61.8 Å². The predicted molar refractivity (Wildman–Crippen MR) is 251 cm³/mol. The van der Waals surface area contributed by atoms with Gasteiger partial charge in [0.1, 0.15) is 6.61 Å². The molecule has 334 valence electrons. The van der Waals surface area contributed by atoms with E-state index in [1.54, 1.807) is 0 Å². The van der Waals surface area contributed by atoms with Gasteiger partial charge in [-0.1, -0.05) is 203 Å². The maximum Gasteiger partial charge on any atom is 0.306 e. The van der Waals surface area contributed by atoms with E-state index >= 15 is 0 Å². The molecule has 0 aromatic heterocycles. The van der Waals surface area contributed by atoms with E-state index in [2.05, 4.69) is 93.7 Å². The van der Waals surface area contributed by atoms with Gasteiger partial charge >= 0.3 is 11.9 Å². The van der Waals surface area contributed by atoms with Crippen LogP contribution in [-0.4, -0.2) is 37.9 Å². The quantitative estimate of drug-likeness (QED) is 0.0348. The summed E-state index contributed by atoms with van der Waals surface area (Å²) in [5.41, 5.74) is 0. The third-order valence-corrected chi connectivity index (χ3v) is 10.2. The molecule has 0 amide bonds. The molecule has 5 heteroatoms. The third-order valence-electron chi connectivity index (χ3n) is 10.2. The third kappa shape index (κ3) is 46.0. The lowest BCUT2D eigenvalue weighted by molar-refractivity contribution is -0.163. The maximum absolute atomic E-state index is 12.8. The lowest BCUT2D eigenvalue weighted by Crippen LogP contribution is -2.30. The Balaban J connectivity index is 4.35. The maximum atomic E-state index is 12.8. The molecule has 0 aliphatic heterocycles. The molecule has 5 nitrogen and oxygen atoms in total. The monoisotopic (exact) mass is 809 g/mol. The van der Waals surface area contributed by atoms with Crippen LogP contribution in [-0.2, 0) is 23.8 Å². The highest BCUT2D eigenvalue weighted by molar-refractivity contribution is 5.70. The van der Waals surface area contributed by atoms with Crippen molar-refractivity contribution < 1.29 is 23.8 Å². The van der Waals surface area contributed by atoms with Gasteiger partial charge in [-0.2, -0.15) is 0 Å². The van der Waals surface area contributed by atoms with Crippen LogP contribution < -0.4 is 0 Å². The first-order chi connectivity index (χ1) is 28.6. The molecule has 58 heavy (non-hydrogen) atoms. The predicted octanol–water partition coefficient (Wildman–Crippen LogP) is 16.3. The van der Waals surface area contributed by atoms with Crippen molar-refractivity contribution in [3.05, 3.63) is 72.9 Å². The Hall–Kier alpha value is -2.66. The number of hydrogen-bond donors (Lipinski definition) is 0. The van der Waals surface area contributed by atoms with E-state index in [1.165, 1.54) is 96.3 Å². The van der Waals surface area contributed by atoms with Crippen LogP contribution in [0.2, 0.25) is 0 Å². The van der Waals surface area contributed by atoms with Crippen LogP contribution in [0.25, 0.3) is 0 Å². The number of carbonyl (C=O) groups excluding carboxylic acids is 2. The summed E-state index contributed by atoms with van der Waals surface area (Å²) in [6, 6.07) is 0. The molecule has 0 bridgehead atoms. The van der Waals surface area contributed by atoms with Crippen LogP contribution >= 0.6 is 0 Å². The minimum Gasteiger partial charge on any atom is -0.462 e. The summed E-state index contributed by atoms with van der Waals surface area (Å²) < 4.78 is 17.3. The van der Waals surface area contributed by atoms with Gasteiger partial charge < -0.3 is 14.2 Å². The number of rotatable bonds is 44. The second kappa shape index (κ2) is 48.7. The minimum absolute atomic E-state index is 0.0576. The van der Waals surface area contributed by atoms with Crippen LogP contribution in [0, 0.1) is 0 Å². The van der Waals surface area contributed by atoms with Gasteiger partial charge in [0.15, 0.2) is 6.10 Å². The number of unbranched alkanes of at least 4 members (excludes halogenated alkanes) is 21. The fraction of sp³-hybridized carbons (Fsp3) is 0.736. The second-order valence-electron chi connectivity index (χ2n) is 16.0. The SMILES string of the molecule is CC/C=C\C/C=C\C/C=C\C/C=C\CCCCC(=O)OCC(COCCCCCCCCCCCCCCCC)OC(=O)CCCCCCC/C=C\C/C=C\CCC. The number of esters is 2. The van der Waals surface area contributed by atoms with Crippen LogP contribution in [0.15, 0.2) is 72.9 Å². The standard InChI is InChI=1S/C53H92O5/c1-4-7-10-13-16-19-22-25-27-29-31-34-37-40-43-46-52(54)57-50-51(49-56-48-45-42-39-36-33-30-26-23-20-17-14-11-8-5-2)58-53(55)47-44-41-38-35-32-28-24-21-18-15-12-9-6-3/h7,10,12,15-16,19,21,24-25,27,31,34,51H,4-6,8-9,11,13-14,17-18,20,22-23,26,28-30,32-33,35-50H2,1-3H3/b10-7-,15-12-,19-16-,24-21-,27-25-,34-31-. The Labute approximate surface area is 359 Å². The fourth-order valence-electron chi connectivity index (χ4n) is 6.60. The van der Waals surface area contributed by atoms with Crippen molar-refractivity contribution in [3.63, 3.8) is 0 Å². The summed E-state index contributed by atoms with van der Waals surface area (Å²) in [6.45, 7) is 7.60. The molecule has 0 heterocycles. The molecule has 0 saturated heterocycles. The molecule has 0 saturated carbocycles. The molecule has 0 aromatic carbocycles. The number of hydrogen-bond acceptors (Lipinski definition) is 5. The summed E-state index contributed by atoms with van der Waals surface area (Å²) in [7, 11) is 0. The number of ether oxygens (including phenoxy) is 3. The first-order valence-electron chi connectivity index (χ1n) is 24.5. The zero-order valence-electron chi connectivity index (χ0n) is 38.3. The minimum atomic E-state index is -0.559. The van der Waals surface area contributed by atoms with E-state index in [9.17, 15) is 9.59 Å². The van der Waals surface area contributed by atoms with E-state index < -0.39 is 6.10 Å². The van der Waals surface area contributed by atoms with Gasteiger partial charge in [-0.15, -0.1) is 0 Å². The molecule has 1 atom stereocenters. The summed E-state index contributed by atoms with van der Waals surface area (Å²) >= 11 is 0. The Bertz CT molecular complexity index is 1050. The van der Waals surface area contributed by atoms with Gasteiger partial charge in [0, 0.05) is 19.4 Å². The highest BCUT2D eigenvalue weighted by Gasteiger charge is 2.17. The van der Waals surface area contributed by atoms with Crippen LogP contribution in [0.3, 0.4) is 0 Å². The molecule has 1 unspecified atom stereocenters. The smallest absolute Gasteiger partial charge is 0.306 e. The largest absolute Gasteiger partial charge is 0.462 e. The van der Waals surface area contributed by atoms with Crippen LogP contribution in [0.1, 0.15) is 226 Å². The first kappa shape index (κ1) is 55.3. The van der Waals surface area contributed by atoms with E-state index in [-0.39, 0.29) is 25.2 Å². The zero-order valence-corrected chi connectivity index (χ0v) is 38.3. The molecular weight excluding hydrogens is 717 g/mol. The van der Waals surface area contributed by atoms with E-state index in [0.717, 1.165) is 96.3 Å². The Morgan fingerprint density at radius 2 is 0.810 bits per heavy atom. The molecule has 0 rings (SSSR count). The van der Waals surface area contributed by atoms with Crippen molar-refractivity contribution >= 4 is 11.9 Å². The molecule has 0 aliphatic carbocycles. The summed E-state index contributed by atoms with van der Waals surface area (Å²) in [5.74, 6) is -0.459.